The first-order chi connectivity index (χ1) is 10.1. The average Bonchev–Trinajstić information content (AvgIpc) is 2.46. The van der Waals surface area contributed by atoms with Crippen LogP contribution >= 0.6 is 0 Å². The van der Waals surface area contributed by atoms with Crippen molar-refractivity contribution in [3.05, 3.63) is 29.3 Å². The normalized spacial score (nSPS) is 26.8. The second kappa shape index (κ2) is 5.89. The number of nitrogens with zero attached hydrogens (tertiary/aromatic N) is 2. The van der Waals surface area contributed by atoms with Crippen molar-refractivity contribution in [1.29, 1.82) is 0 Å². The highest BCUT2D eigenvalue weighted by molar-refractivity contribution is 5.51. The van der Waals surface area contributed by atoms with Gasteiger partial charge < -0.3 is 15.5 Å². The molecule has 2 heterocycles. The number of piperidine rings is 2. The van der Waals surface area contributed by atoms with Crippen LogP contribution in [-0.2, 0) is 6.54 Å². The minimum Gasteiger partial charge on any atom is -0.366 e. The largest absolute Gasteiger partial charge is 0.366 e. The molecule has 3 rings (SSSR count). The van der Waals surface area contributed by atoms with Gasteiger partial charge in [-0.3, -0.25) is 0 Å². The van der Waals surface area contributed by atoms with Crippen molar-refractivity contribution in [3.8, 4) is 0 Å². The second-order valence-corrected chi connectivity index (χ2v) is 6.30. The van der Waals surface area contributed by atoms with E-state index in [2.05, 4.69) is 11.9 Å². The first kappa shape index (κ1) is 14.7. The third-order valence-corrected chi connectivity index (χ3v) is 4.97. The fraction of sp³-hybridized carbons (Fsp3) is 0.625. The number of nitrogens with two attached hydrogens (primary N) is 1. The third kappa shape index (κ3) is 2.77. The standard InChI is InChI=1S/C16H23F2N3/c1-20-5-2-3-12-10-21(6-4-15(12)20)16-13(17)7-11(9-19)8-14(16)18/h7-8,12,15H,2-6,9-10,19H2,1H3. The smallest absolute Gasteiger partial charge is 0.149 e. The van der Waals surface area contributed by atoms with Crippen LogP contribution in [0.15, 0.2) is 12.1 Å². The van der Waals surface area contributed by atoms with Gasteiger partial charge in [-0.2, -0.15) is 0 Å². The number of fused-ring (bicyclic) bond motifs is 1. The third-order valence-electron chi connectivity index (χ3n) is 4.97. The molecule has 2 fully saturated rings. The summed E-state index contributed by atoms with van der Waals surface area (Å²) in [4.78, 5) is 4.28. The van der Waals surface area contributed by atoms with Gasteiger partial charge in [0.1, 0.15) is 17.3 Å². The molecule has 21 heavy (non-hydrogen) atoms. The number of likely N-dealkylation sites (tertiary alicyclic amines) is 1. The van der Waals surface area contributed by atoms with Crippen LogP contribution in [0.3, 0.4) is 0 Å². The average molecular weight is 295 g/mol. The Hall–Kier alpha value is -1.20. The molecule has 116 valence electrons. The van der Waals surface area contributed by atoms with Crippen LogP contribution in [0, 0.1) is 17.6 Å². The molecule has 2 atom stereocenters. The lowest BCUT2D eigenvalue weighted by Crippen LogP contribution is -2.53. The second-order valence-electron chi connectivity index (χ2n) is 6.30. The van der Waals surface area contributed by atoms with Crippen LogP contribution in [0.2, 0.25) is 0 Å². The van der Waals surface area contributed by atoms with E-state index in [1.54, 1.807) is 0 Å². The molecule has 0 saturated carbocycles. The van der Waals surface area contributed by atoms with Crippen LogP contribution in [0.1, 0.15) is 24.8 Å². The summed E-state index contributed by atoms with van der Waals surface area (Å²) in [6.07, 6.45) is 3.29. The van der Waals surface area contributed by atoms with Crippen LogP contribution in [-0.4, -0.2) is 37.6 Å². The van der Waals surface area contributed by atoms with Crippen LogP contribution in [0.4, 0.5) is 14.5 Å². The number of anilines is 1. The van der Waals surface area contributed by atoms with Gasteiger partial charge in [-0.25, -0.2) is 8.78 Å². The molecule has 2 unspecified atom stereocenters. The molecule has 2 aliphatic rings. The van der Waals surface area contributed by atoms with Gasteiger partial charge in [0.15, 0.2) is 0 Å². The monoisotopic (exact) mass is 295 g/mol. The first-order valence-electron chi connectivity index (χ1n) is 7.73. The molecule has 2 saturated heterocycles. The lowest BCUT2D eigenvalue weighted by atomic mass is 9.84. The zero-order valence-electron chi connectivity index (χ0n) is 12.5. The maximum atomic E-state index is 14.2. The van der Waals surface area contributed by atoms with Gasteiger partial charge >= 0.3 is 0 Å². The van der Waals surface area contributed by atoms with E-state index in [4.69, 9.17) is 5.73 Å². The molecule has 0 amide bonds. The predicted octanol–water partition coefficient (Wildman–Crippen LogP) is 2.34. The Kier molecular flexibility index (Phi) is 4.13. The van der Waals surface area contributed by atoms with E-state index < -0.39 is 11.6 Å². The van der Waals surface area contributed by atoms with Gasteiger partial charge in [0.25, 0.3) is 0 Å². The highest BCUT2D eigenvalue weighted by atomic mass is 19.1. The van der Waals surface area contributed by atoms with Crippen molar-refractivity contribution in [3.63, 3.8) is 0 Å². The quantitative estimate of drug-likeness (QED) is 0.909. The van der Waals surface area contributed by atoms with E-state index in [-0.39, 0.29) is 12.2 Å². The summed E-state index contributed by atoms with van der Waals surface area (Å²) in [5.41, 5.74) is 6.09. The molecule has 2 N–H and O–H groups in total. The molecule has 0 radical (unpaired) electrons. The Morgan fingerprint density at radius 2 is 1.90 bits per heavy atom. The molecule has 0 aliphatic carbocycles. The van der Waals surface area contributed by atoms with E-state index in [1.807, 2.05) is 4.90 Å². The molecule has 1 aromatic carbocycles. The highest BCUT2D eigenvalue weighted by Crippen LogP contribution is 2.34. The number of benzene rings is 1. The van der Waals surface area contributed by atoms with Gasteiger partial charge in [0.05, 0.1) is 0 Å². The van der Waals surface area contributed by atoms with Crippen molar-refractivity contribution >= 4 is 5.69 Å². The van der Waals surface area contributed by atoms with E-state index in [1.165, 1.54) is 18.6 Å². The van der Waals surface area contributed by atoms with E-state index in [9.17, 15) is 8.78 Å². The van der Waals surface area contributed by atoms with Gasteiger partial charge in [-0.1, -0.05) is 0 Å². The summed E-state index contributed by atoms with van der Waals surface area (Å²) in [7, 11) is 2.16. The lowest BCUT2D eigenvalue weighted by Gasteiger charge is -2.46. The summed E-state index contributed by atoms with van der Waals surface area (Å²) in [5, 5.41) is 0. The highest BCUT2D eigenvalue weighted by Gasteiger charge is 2.35. The first-order valence-corrected chi connectivity index (χ1v) is 7.73. The Bertz CT molecular complexity index is 497. The molecule has 0 bridgehead atoms. The summed E-state index contributed by atoms with van der Waals surface area (Å²) in [6, 6.07) is 3.28. The maximum absolute atomic E-state index is 14.2. The minimum atomic E-state index is -0.488. The number of halogens is 2. The van der Waals surface area contributed by atoms with Crippen LogP contribution in [0.5, 0.6) is 0 Å². The van der Waals surface area contributed by atoms with Gasteiger partial charge in [0, 0.05) is 25.7 Å². The molecule has 0 aromatic heterocycles. The number of rotatable bonds is 2. The number of hydrogen-bond donors (Lipinski definition) is 1. The molecular formula is C16H23F2N3. The van der Waals surface area contributed by atoms with E-state index in [0.717, 1.165) is 25.9 Å². The van der Waals surface area contributed by atoms with Crippen molar-refractivity contribution in [1.82, 2.24) is 4.90 Å². The SMILES string of the molecule is CN1CCCC2CN(c3c(F)cc(CN)cc3F)CCC21. The number of hydrogen-bond acceptors (Lipinski definition) is 3. The molecule has 5 heteroatoms. The maximum Gasteiger partial charge on any atom is 0.149 e. The molecule has 2 aliphatic heterocycles. The zero-order valence-corrected chi connectivity index (χ0v) is 12.5. The van der Waals surface area contributed by atoms with Gasteiger partial charge in [0.2, 0.25) is 0 Å². The van der Waals surface area contributed by atoms with Gasteiger partial charge in [-0.15, -0.1) is 0 Å². The summed E-state index contributed by atoms with van der Waals surface area (Å²) in [6.45, 7) is 2.74. The Morgan fingerprint density at radius 1 is 1.19 bits per heavy atom. The van der Waals surface area contributed by atoms with Crippen LogP contribution in [0.25, 0.3) is 0 Å². The zero-order chi connectivity index (χ0) is 15.0. The summed E-state index contributed by atoms with van der Waals surface area (Å²) in [5.74, 6) is -0.471. The minimum absolute atomic E-state index is 0.124. The summed E-state index contributed by atoms with van der Waals surface area (Å²) < 4.78 is 28.5. The summed E-state index contributed by atoms with van der Waals surface area (Å²) >= 11 is 0. The Morgan fingerprint density at radius 3 is 2.57 bits per heavy atom. The lowest BCUT2D eigenvalue weighted by molar-refractivity contribution is 0.102. The van der Waals surface area contributed by atoms with E-state index in [0.29, 0.717) is 24.1 Å². The topological polar surface area (TPSA) is 32.5 Å². The van der Waals surface area contributed by atoms with Crippen LogP contribution < -0.4 is 10.6 Å². The van der Waals surface area contributed by atoms with Crippen molar-refractivity contribution in [2.45, 2.75) is 31.8 Å². The fourth-order valence-corrected chi connectivity index (χ4v) is 3.89. The van der Waals surface area contributed by atoms with E-state index >= 15 is 0 Å². The van der Waals surface area contributed by atoms with Crippen molar-refractivity contribution in [2.75, 3.05) is 31.6 Å². The fourth-order valence-electron chi connectivity index (χ4n) is 3.89. The molecular weight excluding hydrogens is 272 g/mol. The van der Waals surface area contributed by atoms with Crippen molar-refractivity contribution in [2.24, 2.45) is 11.7 Å². The molecule has 0 spiro atoms. The predicted molar refractivity (Wildman–Crippen MR) is 80.2 cm³/mol. The Labute approximate surface area is 124 Å². The van der Waals surface area contributed by atoms with Gasteiger partial charge in [-0.05, 0) is 56.5 Å². The molecule has 1 aromatic rings. The Balaban J connectivity index is 1.82. The van der Waals surface area contributed by atoms with Crippen molar-refractivity contribution < 1.29 is 8.78 Å². The molecule has 3 nitrogen and oxygen atoms in total.